The predicted molar refractivity (Wildman–Crippen MR) is 78.1 cm³/mol. The van der Waals surface area contributed by atoms with Crippen molar-refractivity contribution in [2.24, 2.45) is 0 Å². The molecule has 0 amide bonds. The molecule has 0 radical (unpaired) electrons. The molecule has 0 spiro atoms. The lowest BCUT2D eigenvalue weighted by Gasteiger charge is -2.27. The Bertz CT molecular complexity index is 416. The van der Waals surface area contributed by atoms with Gasteiger partial charge in [-0.2, -0.15) is 0 Å². The maximum absolute atomic E-state index is 12.3. The number of hydrogen-bond donors (Lipinski definition) is 0. The molecule has 1 aromatic carbocycles. The van der Waals surface area contributed by atoms with Crippen molar-refractivity contribution in [2.75, 3.05) is 0 Å². The Kier molecular flexibility index (Phi) is 5.13. The summed E-state index contributed by atoms with van der Waals surface area (Å²) >= 11 is 0. The van der Waals surface area contributed by atoms with E-state index in [0.717, 1.165) is 19.3 Å². The minimum Gasteiger partial charge on any atom is -0.299 e. The molecule has 0 fully saturated rings. The maximum atomic E-state index is 12.3. The molecule has 0 aliphatic heterocycles. The number of ketones is 1. The van der Waals surface area contributed by atoms with Crippen LogP contribution in [0.5, 0.6) is 0 Å². The molecule has 0 aliphatic rings. The van der Waals surface area contributed by atoms with Crippen LogP contribution in [-0.4, -0.2) is 5.78 Å². The van der Waals surface area contributed by atoms with Gasteiger partial charge in [0.25, 0.3) is 0 Å². The Balaban J connectivity index is 3.15. The monoisotopic (exact) mass is 246 g/mol. The van der Waals surface area contributed by atoms with Crippen molar-refractivity contribution in [3.8, 4) is 0 Å². The molecule has 0 N–H and O–H groups in total. The summed E-state index contributed by atoms with van der Waals surface area (Å²) in [5.74, 6) is 0.349. The Labute approximate surface area is 112 Å². The van der Waals surface area contributed by atoms with Crippen molar-refractivity contribution >= 4 is 5.78 Å². The van der Waals surface area contributed by atoms with Gasteiger partial charge in [-0.3, -0.25) is 4.79 Å². The van der Waals surface area contributed by atoms with Crippen LogP contribution in [0.4, 0.5) is 0 Å². The Morgan fingerprint density at radius 1 is 1.17 bits per heavy atom. The quantitative estimate of drug-likeness (QED) is 0.717. The van der Waals surface area contributed by atoms with Crippen LogP contribution in [0.25, 0.3) is 0 Å². The highest BCUT2D eigenvalue weighted by molar-refractivity contribution is 5.89. The SMILES string of the molecule is CCCC(=O)C(C)(C)c1cccc(CCC)c1C. The van der Waals surface area contributed by atoms with Gasteiger partial charge in [0, 0.05) is 11.8 Å². The summed E-state index contributed by atoms with van der Waals surface area (Å²) < 4.78 is 0. The van der Waals surface area contributed by atoms with E-state index in [0.29, 0.717) is 12.2 Å². The summed E-state index contributed by atoms with van der Waals surface area (Å²) in [6.45, 7) is 10.5. The molecule has 0 saturated carbocycles. The van der Waals surface area contributed by atoms with Crippen molar-refractivity contribution < 1.29 is 4.79 Å². The molecule has 0 unspecified atom stereocenters. The third-order valence-electron chi connectivity index (χ3n) is 3.81. The van der Waals surface area contributed by atoms with Crippen molar-refractivity contribution in [1.82, 2.24) is 0 Å². The van der Waals surface area contributed by atoms with E-state index in [1.54, 1.807) is 0 Å². The molecule has 1 aromatic rings. The van der Waals surface area contributed by atoms with Crippen LogP contribution >= 0.6 is 0 Å². The van der Waals surface area contributed by atoms with Gasteiger partial charge < -0.3 is 0 Å². The second kappa shape index (κ2) is 6.17. The fraction of sp³-hybridized carbons (Fsp3) is 0.588. The van der Waals surface area contributed by atoms with Gasteiger partial charge >= 0.3 is 0 Å². The fourth-order valence-electron chi connectivity index (χ4n) is 2.59. The summed E-state index contributed by atoms with van der Waals surface area (Å²) in [6.07, 6.45) is 3.84. The smallest absolute Gasteiger partial charge is 0.142 e. The first-order chi connectivity index (χ1) is 8.45. The van der Waals surface area contributed by atoms with Crippen LogP contribution in [0.15, 0.2) is 18.2 Å². The lowest BCUT2D eigenvalue weighted by molar-refractivity contribution is -0.123. The average molecular weight is 246 g/mol. The number of hydrogen-bond acceptors (Lipinski definition) is 1. The standard InChI is InChI=1S/C17H26O/c1-6-9-14-11-8-12-15(13(14)3)17(4,5)16(18)10-7-2/h8,11-12H,6-7,9-10H2,1-5H3. The summed E-state index contributed by atoms with van der Waals surface area (Å²) in [5, 5.41) is 0. The molecule has 18 heavy (non-hydrogen) atoms. The van der Waals surface area contributed by atoms with Crippen molar-refractivity contribution in [1.29, 1.82) is 0 Å². The highest BCUT2D eigenvalue weighted by Gasteiger charge is 2.30. The number of carbonyl (C=O) groups is 1. The van der Waals surface area contributed by atoms with Gasteiger partial charge in [-0.15, -0.1) is 0 Å². The van der Waals surface area contributed by atoms with Crippen LogP contribution in [0.2, 0.25) is 0 Å². The molecule has 0 aromatic heterocycles. The van der Waals surface area contributed by atoms with E-state index in [1.165, 1.54) is 16.7 Å². The maximum Gasteiger partial charge on any atom is 0.142 e. The second-order valence-electron chi connectivity index (χ2n) is 5.64. The van der Waals surface area contributed by atoms with Crippen molar-refractivity contribution in [3.63, 3.8) is 0 Å². The lowest BCUT2D eigenvalue weighted by Crippen LogP contribution is -2.30. The van der Waals surface area contributed by atoms with Crippen LogP contribution in [0.3, 0.4) is 0 Å². The first-order valence-electron chi connectivity index (χ1n) is 7.07. The number of carbonyl (C=O) groups excluding carboxylic acids is 1. The Morgan fingerprint density at radius 3 is 2.39 bits per heavy atom. The van der Waals surface area contributed by atoms with E-state index in [-0.39, 0.29) is 5.41 Å². The third-order valence-corrected chi connectivity index (χ3v) is 3.81. The number of rotatable bonds is 6. The van der Waals surface area contributed by atoms with Gasteiger partial charge in [-0.1, -0.05) is 38.5 Å². The second-order valence-corrected chi connectivity index (χ2v) is 5.64. The third kappa shape index (κ3) is 3.01. The van der Waals surface area contributed by atoms with E-state index in [4.69, 9.17) is 0 Å². The number of benzene rings is 1. The summed E-state index contributed by atoms with van der Waals surface area (Å²) in [4.78, 5) is 12.3. The minimum atomic E-state index is -0.357. The molecule has 0 heterocycles. The average Bonchev–Trinajstić information content (AvgIpc) is 2.32. The highest BCUT2D eigenvalue weighted by Crippen LogP contribution is 2.30. The zero-order chi connectivity index (χ0) is 13.8. The molecular weight excluding hydrogens is 220 g/mol. The fourth-order valence-corrected chi connectivity index (χ4v) is 2.59. The minimum absolute atomic E-state index is 0.349. The normalized spacial score (nSPS) is 11.6. The molecule has 0 saturated heterocycles. The molecule has 1 rings (SSSR count). The summed E-state index contributed by atoms with van der Waals surface area (Å²) in [5.41, 5.74) is 3.53. The Morgan fingerprint density at radius 2 is 1.83 bits per heavy atom. The molecule has 0 atom stereocenters. The zero-order valence-corrected chi connectivity index (χ0v) is 12.5. The predicted octanol–water partition coefficient (Wildman–Crippen LogP) is 4.59. The van der Waals surface area contributed by atoms with Crippen LogP contribution in [0.1, 0.15) is 63.6 Å². The Hall–Kier alpha value is -1.11. The lowest BCUT2D eigenvalue weighted by atomic mass is 9.76. The molecule has 100 valence electrons. The van der Waals surface area contributed by atoms with Crippen LogP contribution < -0.4 is 0 Å². The summed E-state index contributed by atoms with van der Waals surface area (Å²) in [7, 11) is 0. The van der Waals surface area contributed by atoms with E-state index < -0.39 is 0 Å². The first-order valence-corrected chi connectivity index (χ1v) is 7.07. The van der Waals surface area contributed by atoms with Crippen molar-refractivity contribution in [2.45, 2.75) is 65.7 Å². The van der Waals surface area contributed by atoms with Gasteiger partial charge in [-0.05, 0) is 50.3 Å². The molecule has 1 nitrogen and oxygen atoms in total. The van der Waals surface area contributed by atoms with Gasteiger partial charge in [0.15, 0.2) is 0 Å². The molecule has 0 bridgehead atoms. The van der Waals surface area contributed by atoms with Gasteiger partial charge in [0.2, 0.25) is 0 Å². The van der Waals surface area contributed by atoms with E-state index in [1.807, 2.05) is 0 Å². The van der Waals surface area contributed by atoms with Gasteiger partial charge in [-0.25, -0.2) is 0 Å². The molecule has 1 heteroatoms. The van der Waals surface area contributed by atoms with Gasteiger partial charge in [0.1, 0.15) is 5.78 Å². The van der Waals surface area contributed by atoms with E-state index in [2.05, 4.69) is 52.8 Å². The highest BCUT2D eigenvalue weighted by atomic mass is 16.1. The zero-order valence-electron chi connectivity index (χ0n) is 12.5. The first kappa shape index (κ1) is 14.9. The molecule has 0 aliphatic carbocycles. The topological polar surface area (TPSA) is 17.1 Å². The molecular formula is C17H26O. The summed E-state index contributed by atoms with van der Waals surface area (Å²) in [6, 6.07) is 6.39. The van der Waals surface area contributed by atoms with E-state index >= 15 is 0 Å². The van der Waals surface area contributed by atoms with E-state index in [9.17, 15) is 4.79 Å². The largest absolute Gasteiger partial charge is 0.299 e. The van der Waals surface area contributed by atoms with Crippen LogP contribution in [0, 0.1) is 6.92 Å². The number of aryl methyl sites for hydroxylation is 1. The van der Waals surface area contributed by atoms with Crippen molar-refractivity contribution in [3.05, 3.63) is 34.9 Å². The number of Topliss-reactive ketones (excluding diaryl/α,β-unsaturated/α-hetero) is 1. The van der Waals surface area contributed by atoms with Gasteiger partial charge in [0.05, 0.1) is 0 Å². The van der Waals surface area contributed by atoms with Crippen LogP contribution in [-0.2, 0) is 16.6 Å².